The number of pyridine rings is 1. The fraction of sp³-hybridized carbons (Fsp3) is 0.200. The first kappa shape index (κ1) is 12.8. The van der Waals surface area contributed by atoms with E-state index in [4.69, 9.17) is 27.9 Å². The van der Waals surface area contributed by atoms with Crippen molar-refractivity contribution in [3.05, 3.63) is 34.6 Å². The zero-order valence-corrected chi connectivity index (χ0v) is 10.0. The van der Waals surface area contributed by atoms with Gasteiger partial charge in [-0.1, -0.05) is 23.2 Å². The molecule has 0 aliphatic rings. The lowest BCUT2D eigenvalue weighted by molar-refractivity contribution is -0.137. The van der Waals surface area contributed by atoms with Crippen LogP contribution in [0.5, 0.6) is 0 Å². The minimum atomic E-state index is -0.578. The smallest absolute Gasteiger partial charge is 0.351 e. The van der Waals surface area contributed by atoms with Crippen LogP contribution in [0.25, 0.3) is 0 Å². The SMILES string of the molecule is CCOC(=O)/C(Cl)=C/Nc1ccc(Cl)cn1. The van der Waals surface area contributed by atoms with E-state index in [0.717, 1.165) is 0 Å². The first-order valence-electron chi connectivity index (χ1n) is 4.54. The van der Waals surface area contributed by atoms with Crippen LogP contribution < -0.4 is 5.32 Å². The molecule has 0 saturated carbocycles. The minimum absolute atomic E-state index is 0.0430. The Balaban J connectivity index is 2.58. The van der Waals surface area contributed by atoms with Crippen molar-refractivity contribution >= 4 is 35.0 Å². The Kier molecular flexibility index (Phi) is 5.08. The highest BCUT2D eigenvalue weighted by atomic mass is 35.5. The molecule has 4 nitrogen and oxygen atoms in total. The monoisotopic (exact) mass is 260 g/mol. The Morgan fingerprint density at radius 1 is 1.62 bits per heavy atom. The molecule has 1 heterocycles. The van der Waals surface area contributed by atoms with E-state index in [1.807, 2.05) is 0 Å². The summed E-state index contributed by atoms with van der Waals surface area (Å²) in [5.74, 6) is -0.0440. The van der Waals surface area contributed by atoms with Gasteiger partial charge in [0, 0.05) is 12.4 Å². The molecule has 1 rings (SSSR count). The van der Waals surface area contributed by atoms with Gasteiger partial charge in [0.2, 0.25) is 0 Å². The van der Waals surface area contributed by atoms with Crippen molar-refractivity contribution in [1.29, 1.82) is 0 Å². The summed E-state index contributed by atoms with van der Waals surface area (Å²) < 4.78 is 4.69. The van der Waals surface area contributed by atoms with Gasteiger partial charge in [-0.15, -0.1) is 0 Å². The Hall–Kier alpha value is -1.26. The lowest BCUT2D eigenvalue weighted by atomic mass is 10.4. The summed E-state index contributed by atoms with van der Waals surface area (Å²) in [5, 5.41) is 3.24. The Bertz CT molecular complexity index is 390. The molecule has 0 atom stereocenters. The van der Waals surface area contributed by atoms with Gasteiger partial charge < -0.3 is 10.1 Å². The fourth-order valence-corrected chi connectivity index (χ4v) is 1.08. The van der Waals surface area contributed by atoms with E-state index < -0.39 is 5.97 Å². The number of carbonyl (C=O) groups is 1. The number of carbonyl (C=O) groups excluding carboxylic acids is 1. The van der Waals surface area contributed by atoms with Crippen LogP contribution in [0, 0.1) is 0 Å². The zero-order valence-electron chi connectivity index (χ0n) is 8.54. The van der Waals surface area contributed by atoms with Crippen molar-refractivity contribution in [2.75, 3.05) is 11.9 Å². The van der Waals surface area contributed by atoms with Crippen LogP contribution in [0.1, 0.15) is 6.92 Å². The Morgan fingerprint density at radius 2 is 2.38 bits per heavy atom. The molecule has 0 unspecified atom stereocenters. The summed E-state index contributed by atoms with van der Waals surface area (Å²) >= 11 is 11.3. The standard InChI is InChI=1S/C10H10Cl2N2O2/c1-2-16-10(15)8(12)6-14-9-4-3-7(11)5-13-9/h3-6H,2H2,1H3,(H,13,14)/b8-6-. The molecule has 0 aromatic carbocycles. The molecule has 6 heteroatoms. The van der Waals surface area contributed by atoms with Gasteiger partial charge in [0.1, 0.15) is 10.9 Å². The number of hydrogen-bond donors (Lipinski definition) is 1. The number of esters is 1. The van der Waals surface area contributed by atoms with Crippen LogP contribution in [0.4, 0.5) is 5.82 Å². The molecule has 16 heavy (non-hydrogen) atoms. The molecule has 0 amide bonds. The third kappa shape index (κ3) is 4.08. The molecular formula is C10H10Cl2N2O2. The highest BCUT2D eigenvalue weighted by Gasteiger charge is 2.06. The third-order valence-corrected chi connectivity index (χ3v) is 2.03. The van der Waals surface area contributed by atoms with Crippen molar-refractivity contribution in [1.82, 2.24) is 4.98 Å². The number of nitrogens with zero attached hydrogens (tertiary/aromatic N) is 1. The lowest BCUT2D eigenvalue weighted by Crippen LogP contribution is -2.05. The number of hydrogen-bond acceptors (Lipinski definition) is 4. The largest absolute Gasteiger partial charge is 0.462 e. The van der Waals surface area contributed by atoms with Crippen molar-refractivity contribution in [3.63, 3.8) is 0 Å². The maximum Gasteiger partial charge on any atom is 0.351 e. The van der Waals surface area contributed by atoms with Crippen LogP contribution in [-0.4, -0.2) is 17.6 Å². The molecule has 0 radical (unpaired) electrons. The van der Waals surface area contributed by atoms with E-state index in [2.05, 4.69) is 10.3 Å². The van der Waals surface area contributed by atoms with Crippen molar-refractivity contribution in [2.45, 2.75) is 6.92 Å². The average Bonchev–Trinajstić information content (AvgIpc) is 2.28. The van der Waals surface area contributed by atoms with E-state index in [0.29, 0.717) is 10.8 Å². The number of halogens is 2. The second kappa shape index (κ2) is 6.35. The molecule has 1 aromatic rings. The number of ether oxygens (including phenoxy) is 1. The normalized spacial score (nSPS) is 11.1. The first-order chi connectivity index (χ1) is 7.63. The van der Waals surface area contributed by atoms with E-state index in [9.17, 15) is 4.79 Å². The first-order valence-corrected chi connectivity index (χ1v) is 5.30. The van der Waals surface area contributed by atoms with Crippen molar-refractivity contribution < 1.29 is 9.53 Å². The van der Waals surface area contributed by atoms with Gasteiger partial charge in [-0.2, -0.15) is 0 Å². The quantitative estimate of drug-likeness (QED) is 0.668. The summed E-state index contributed by atoms with van der Waals surface area (Å²) in [6.07, 6.45) is 2.80. The van der Waals surface area contributed by atoms with Gasteiger partial charge in [0.15, 0.2) is 0 Å². The summed E-state index contributed by atoms with van der Waals surface area (Å²) in [7, 11) is 0. The zero-order chi connectivity index (χ0) is 12.0. The predicted octanol–water partition coefficient (Wildman–Crippen LogP) is 2.79. The van der Waals surface area contributed by atoms with Gasteiger partial charge in [0.25, 0.3) is 0 Å². The number of rotatable bonds is 4. The molecule has 0 aliphatic carbocycles. The maximum atomic E-state index is 11.1. The van der Waals surface area contributed by atoms with E-state index >= 15 is 0 Å². The second-order valence-electron chi connectivity index (χ2n) is 2.72. The highest BCUT2D eigenvalue weighted by Crippen LogP contribution is 2.11. The molecule has 0 saturated heterocycles. The molecule has 0 aliphatic heterocycles. The number of aromatic nitrogens is 1. The molecule has 1 N–H and O–H groups in total. The third-order valence-electron chi connectivity index (χ3n) is 1.54. The maximum absolute atomic E-state index is 11.1. The van der Waals surface area contributed by atoms with Crippen LogP contribution in [-0.2, 0) is 9.53 Å². The van der Waals surface area contributed by atoms with Crippen LogP contribution in [0.2, 0.25) is 5.02 Å². The van der Waals surface area contributed by atoms with E-state index in [1.54, 1.807) is 19.1 Å². The molecule has 0 spiro atoms. The van der Waals surface area contributed by atoms with Gasteiger partial charge in [-0.05, 0) is 19.1 Å². The Labute approximate surface area is 103 Å². The molecule has 0 bridgehead atoms. The van der Waals surface area contributed by atoms with Crippen LogP contribution in [0.15, 0.2) is 29.6 Å². The summed E-state index contributed by atoms with van der Waals surface area (Å²) in [5.41, 5.74) is 0. The molecule has 1 aromatic heterocycles. The lowest BCUT2D eigenvalue weighted by Gasteiger charge is -2.01. The van der Waals surface area contributed by atoms with Gasteiger partial charge in [0.05, 0.1) is 11.6 Å². The molecular weight excluding hydrogens is 251 g/mol. The van der Waals surface area contributed by atoms with Gasteiger partial charge >= 0.3 is 5.97 Å². The van der Waals surface area contributed by atoms with Crippen LogP contribution in [0.3, 0.4) is 0 Å². The van der Waals surface area contributed by atoms with Gasteiger partial charge in [-0.3, -0.25) is 0 Å². The average molecular weight is 261 g/mol. The van der Waals surface area contributed by atoms with E-state index in [1.165, 1.54) is 12.4 Å². The van der Waals surface area contributed by atoms with Crippen molar-refractivity contribution in [3.8, 4) is 0 Å². The Morgan fingerprint density at radius 3 is 2.94 bits per heavy atom. The predicted molar refractivity (Wildman–Crippen MR) is 63.4 cm³/mol. The minimum Gasteiger partial charge on any atom is -0.462 e. The van der Waals surface area contributed by atoms with Crippen molar-refractivity contribution in [2.24, 2.45) is 0 Å². The van der Waals surface area contributed by atoms with E-state index in [-0.39, 0.29) is 11.6 Å². The van der Waals surface area contributed by atoms with Crippen LogP contribution >= 0.6 is 23.2 Å². The summed E-state index contributed by atoms with van der Waals surface area (Å²) in [6.45, 7) is 1.98. The number of nitrogens with one attached hydrogen (secondary N) is 1. The second-order valence-corrected chi connectivity index (χ2v) is 3.56. The highest BCUT2D eigenvalue weighted by molar-refractivity contribution is 6.41. The van der Waals surface area contributed by atoms with Gasteiger partial charge in [-0.25, -0.2) is 9.78 Å². The summed E-state index contributed by atoms with van der Waals surface area (Å²) in [4.78, 5) is 15.1. The topological polar surface area (TPSA) is 51.2 Å². The number of anilines is 1. The molecule has 0 fully saturated rings. The molecule has 86 valence electrons. The summed E-state index contributed by atoms with van der Waals surface area (Å²) in [6, 6.07) is 3.33. The fourth-order valence-electron chi connectivity index (χ4n) is 0.857.